The second-order valence-electron chi connectivity index (χ2n) is 3.67. The topological polar surface area (TPSA) is 14.2 Å². The lowest BCUT2D eigenvalue weighted by Gasteiger charge is -2.14. The van der Waals surface area contributed by atoms with Gasteiger partial charge in [0.2, 0.25) is 0 Å². The summed E-state index contributed by atoms with van der Waals surface area (Å²) in [7, 11) is 0. The van der Waals surface area contributed by atoms with Crippen LogP contribution in [0.2, 0.25) is 0 Å². The first-order chi connectivity index (χ1) is 5.77. The largest absolute Gasteiger partial charge is 0.373 e. The summed E-state index contributed by atoms with van der Waals surface area (Å²) >= 11 is 0. The maximum Gasteiger partial charge on any atom is 0.0868 e. The van der Waals surface area contributed by atoms with Crippen molar-refractivity contribution < 1.29 is 4.74 Å². The zero-order valence-corrected chi connectivity index (χ0v) is 7.71. The first-order valence-electron chi connectivity index (χ1n) is 4.54. The summed E-state index contributed by atoms with van der Waals surface area (Å²) in [5, 5.41) is 0. The molecule has 12 heavy (non-hydrogen) atoms. The van der Waals surface area contributed by atoms with E-state index in [1.807, 2.05) is 0 Å². The van der Waals surface area contributed by atoms with Crippen LogP contribution < -0.4 is 0 Å². The lowest BCUT2D eigenvalue weighted by Crippen LogP contribution is -2.14. The van der Waals surface area contributed by atoms with Gasteiger partial charge in [0, 0.05) is 18.4 Å². The van der Waals surface area contributed by atoms with E-state index in [9.17, 15) is 0 Å². The average molecular weight is 165 g/mol. The Hall–Kier alpha value is -0.760. The fraction of sp³-hybridized carbons (Fsp3) is 0.600. The van der Waals surface area contributed by atoms with Crippen LogP contribution in [0.25, 0.3) is 0 Å². The van der Waals surface area contributed by atoms with Crippen LogP contribution in [-0.2, 0) is 17.9 Å². The minimum absolute atomic E-state index is 0.628. The number of rotatable bonds is 1. The molecule has 0 bridgehead atoms. The third-order valence-corrected chi connectivity index (χ3v) is 2.40. The highest BCUT2D eigenvalue weighted by atomic mass is 16.5. The maximum atomic E-state index is 5.37. The van der Waals surface area contributed by atoms with Gasteiger partial charge in [0.15, 0.2) is 0 Å². The standard InChI is InChI=1S/C10H15NO/c1-8(2)9-5-10-7-12-4-3-11(10)6-9/h5-6,8H,3-4,7H2,1-2H3. The van der Waals surface area contributed by atoms with Gasteiger partial charge in [-0.3, -0.25) is 0 Å². The molecule has 0 N–H and O–H groups in total. The third-order valence-electron chi connectivity index (χ3n) is 2.40. The molecule has 2 heteroatoms. The summed E-state index contributed by atoms with van der Waals surface area (Å²) < 4.78 is 7.67. The summed E-state index contributed by atoms with van der Waals surface area (Å²) in [6.07, 6.45) is 2.25. The van der Waals surface area contributed by atoms with Crippen molar-refractivity contribution in [3.63, 3.8) is 0 Å². The molecule has 2 rings (SSSR count). The molecule has 0 radical (unpaired) electrons. The number of hydrogen-bond donors (Lipinski definition) is 0. The number of hydrogen-bond acceptors (Lipinski definition) is 1. The molecule has 1 aliphatic heterocycles. The van der Waals surface area contributed by atoms with Gasteiger partial charge in [-0.1, -0.05) is 13.8 Å². The van der Waals surface area contributed by atoms with E-state index in [0.717, 1.165) is 19.8 Å². The van der Waals surface area contributed by atoms with Crippen molar-refractivity contribution in [1.82, 2.24) is 4.57 Å². The Bertz CT molecular complexity index is 252. The molecule has 0 atom stereocenters. The molecule has 0 saturated carbocycles. The van der Waals surface area contributed by atoms with Crippen molar-refractivity contribution in [1.29, 1.82) is 0 Å². The molecule has 66 valence electrons. The van der Waals surface area contributed by atoms with Crippen LogP contribution >= 0.6 is 0 Å². The second kappa shape index (κ2) is 2.94. The van der Waals surface area contributed by atoms with E-state index in [1.54, 1.807) is 0 Å². The first kappa shape index (κ1) is 7.87. The fourth-order valence-electron chi connectivity index (χ4n) is 1.56. The van der Waals surface area contributed by atoms with Crippen molar-refractivity contribution in [2.24, 2.45) is 0 Å². The van der Waals surface area contributed by atoms with Crippen LogP contribution in [0.1, 0.15) is 31.0 Å². The minimum atomic E-state index is 0.628. The Kier molecular flexibility index (Phi) is 1.93. The van der Waals surface area contributed by atoms with Gasteiger partial charge in [-0.25, -0.2) is 0 Å². The molecule has 2 heterocycles. The molecule has 0 aliphatic carbocycles. The highest BCUT2D eigenvalue weighted by Crippen LogP contribution is 2.20. The van der Waals surface area contributed by atoms with Crippen LogP contribution in [-0.4, -0.2) is 11.2 Å². The highest BCUT2D eigenvalue weighted by molar-refractivity contribution is 5.21. The normalized spacial score (nSPS) is 16.6. The Balaban J connectivity index is 2.32. The van der Waals surface area contributed by atoms with E-state index in [4.69, 9.17) is 4.74 Å². The van der Waals surface area contributed by atoms with Crippen LogP contribution in [0.15, 0.2) is 12.3 Å². The van der Waals surface area contributed by atoms with Crippen molar-refractivity contribution in [2.75, 3.05) is 6.61 Å². The molecule has 2 nitrogen and oxygen atoms in total. The summed E-state index contributed by atoms with van der Waals surface area (Å²) in [5.41, 5.74) is 2.75. The molecule has 0 saturated heterocycles. The Morgan fingerprint density at radius 3 is 3.00 bits per heavy atom. The van der Waals surface area contributed by atoms with Crippen LogP contribution in [0.5, 0.6) is 0 Å². The lowest BCUT2D eigenvalue weighted by molar-refractivity contribution is 0.0850. The molecular formula is C10H15NO. The van der Waals surface area contributed by atoms with E-state index in [0.29, 0.717) is 5.92 Å². The van der Waals surface area contributed by atoms with Crippen LogP contribution in [0.3, 0.4) is 0 Å². The number of fused-ring (bicyclic) bond motifs is 1. The van der Waals surface area contributed by atoms with Gasteiger partial charge in [0.1, 0.15) is 0 Å². The highest BCUT2D eigenvalue weighted by Gasteiger charge is 2.11. The van der Waals surface area contributed by atoms with Gasteiger partial charge in [0.25, 0.3) is 0 Å². The summed E-state index contributed by atoms with van der Waals surface area (Å²) in [6, 6.07) is 2.25. The van der Waals surface area contributed by atoms with Gasteiger partial charge in [-0.05, 0) is 17.5 Å². The summed E-state index contributed by atoms with van der Waals surface area (Å²) in [4.78, 5) is 0. The Morgan fingerprint density at radius 2 is 2.33 bits per heavy atom. The number of ether oxygens (including phenoxy) is 1. The smallest absolute Gasteiger partial charge is 0.0868 e. The molecule has 1 aromatic rings. The molecule has 0 aromatic carbocycles. The van der Waals surface area contributed by atoms with Gasteiger partial charge < -0.3 is 9.30 Å². The van der Waals surface area contributed by atoms with Gasteiger partial charge in [0.05, 0.1) is 13.2 Å². The second-order valence-corrected chi connectivity index (χ2v) is 3.67. The molecule has 0 spiro atoms. The van der Waals surface area contributed by atoms with Gasteiger partial charge in [-0.15, -0.1) is 0 Å². The van der Waals surface area contributed by atoms with E-state index in [1.165, 1.54) is 11.3 Å². The first-order valence-corrected chi connectivity index (χ1v) is 4.54. The van der Waals surface area contributed by atoms with Gasteiger partial charge in [-0.2, -0.15) is 0 Å². The maximum absolute atomic E-state index is 5.37. The molecule has 1 aliphatic rings. The third kappa shape index (κ3) is 1.27. The summed E-state index contributed by atoms with van der Waals surface area (Å²) in [6.45, 7) is 7.11. The van der Waals surface area contributed by atoms with Crippen molar-refractivity contribution in [3.05, 3.63) is 23.5 Å². The van der Waals surface area contributed by atoms with E-state index >= 15 is 0 Å². The zero-order chi connectivity index (χ0) is 8.55. The molecule has 0 unspecified atom stereocenters. The lowest BCUT2D eigenvalue weighted by atomic mass is 10.1. The van der Waals surface area contributed by atoms with E-state index in [2.05, 4.69) is 30.7 Å². The Morgan fingerprint density at radius 1 is 1.50 bits per heavy atom. The average Bonchev–Trinajstić information content (AvgIpc) is 2.46. The molecule has 0 amide bonds. The SMILES string of the molecule is CC(C)c1cc2n(c1)CCOC2. The predicted octanol–water partition coefficient (Wildman–Crippen LogP) is 2.14. The van der Waals surface area contributed by atoms with Crippen LogP contribution in [0.4, 0.5) is 0 Å². The fourth-order valence-corrected chi connectivity index (χ4v) is 1.56. The Labute approximate surface area is 73.1 Å². The van der Waals surface area contributed by atoms with Gasteiger partial charge >= 0.3 is 0 Å². The predicted molar refractivity (Wildman–Crippen MR) is 48.2 cm³/mol. The van der Waals surface area contributed by atoms with E-state index < -0.39 is 0 Å². The molecule has 1 aromatic heterocycles. The zero-order valence-electron chi connectivity index (χ0n) is 7.71. The quantitative estimate of drug-likeness (QED) is 0.622. The van der Waals surface area contributed by atoms with Crippen LogP contribution in [0, 0.1) is 0 Å². The van der Waals surface area contributed by atoms with Crippen molar-refractivity contribution >= 4 is 0 Å². The number of nitrogens with zero attached hydrogens (tertiary/aromatic N) is 1. The van der Waals surface area contributed by atoms with E-state index in [-0.39, 0.29) is 0 Å². The monoisotopic (exact) mass is 165 g/mol. The molecule has 0 fully saturated rings. The number of aromatic nitrogens is 1. The minimum Gasteiger partial charge on any atom is -0.373 e. The van der Waals surface area contributed by atoms with Crippen molar-refractivity contribution in [3.8, 4) is 0 Å². The van der Waals surface area contributed by atoms with Crippen molar-refractivity contribution in [2.45, 2.75) is 32.9 Å². The summed E-state index contributed by atoms with van der Waals surface area (Å²) in [5.74, 6) is 0.628. The molecular weight excluding hydrogens is 150 g/mol.